The maximum atomic E-state index is 11.0. The number of unbranched alkanes of at least 4 members (excludes halogenated alkanes) is 4. The van der Waals surface area contributed by atoms with Crippen molar-refractivity contribution in [2.75, 3.05) is 13.2 Å². The van der Waals surface area contributed by atoms with Gasteiger partial charge >= 0.3 is 6.09 Å². The molecule has 0 aliphatic heterocycles. The average molecular weight is 200 g/mol. The van der Waals surface area contributed by atoms with Crippen LogP contribution in [-0.4, -0.2) is 19.2 Å². The minimum Gasteiger partial charge on any atom is -0.448 e. The van der Waals surface area contributed by atoms with Crippen molar-refractivity contribution < 1.29 is 9.53 Å². The quantitative estimate of drug-likeness (QED) is 0.565. The summed E-state index contributed by atoms with van der Waals surface area (Å²) in [6, 6.07) is 0. The van der Waals surface area contributed by atoms with E-state index in [9.17, 15) is 4.79 Å². The van der Waals surface area contributed by atoms with Crippen molar-refractivity contribution in [3.63, 3.8) is 0 Å². The van der Waals surface area contributed by atoms with Crippen LogP contribution in [0.4, 0.5) is 4.79 Å². The van der Waals surface area contributed by atoms with Gasteiger partial charge in [-0.2, -0.15) is 0 Å². The molecule has 0 unspecified atom stereocenters. The van der Waals surface area contributed by atoms with Crippen LogP contribution >= 0.6 is 0 Å². The van der Waals surface area contributed by atoms with Gasteiger partial charge in [0.15, 0.2) is 0 Å². The van der Waals surface area contributed by atoms with Gasteiger partial charge in [-0.15, -0.1) is 0 Å². The second-order valence-electron chi connectivity index (χ2n) is 3.41. The SMILES string of the molecule is CCCCC[N]C(=O)OCCCCC. The highest BCUT2D eigenvalue weighted by atomic mass is 16.5. The van der Waals surface area contributed by atoms with Gasteiger partial charge in [-0.25, -0.2) is 10.1 Å². The van der Waals surface area contributed by atoms with Gasteiger partial charge in [-0.1, -0.05) is 39.5 Å². The molecule has 3 nitrogen and oxygen atoms in total. The number of rotatable bonds is 8. The standard InChI is InChI=1S/C11H22NO2/c1-3-5-7-9-12-11(13)14-10-8-6-4-2/h3-10H2,1-2H3. The van der Waals surface area contributed by atoms with Crippen LogP contribution < -0.4 is 5.32 Å². The maximum absolute atomic E-state index is 11.0. The summed E-state index contributed by atoms with van der Waals surface area (Å²) in [5.41, 5.74) is 0. The van der Waals surface area contributed by atoms with Gasteiger partial charge in [0, 0.05) is 6.54 Å². The first kappa shape index (κ1) is 13.3. The second-order valence-corrected chi connectivity index (χ2v) is 3.41. The predicted molar refractivity (Wildman–Crippen MR) is 57.4 cm³/mol. The number of nitrogens with zero attached hydrogens (tertiary/aromatic N) is 1. The van der Waals surface area contributed by atoms with Crippen molar-refractivity contribution in [2.45, 2.75) is 52.4 Å². The smallest absolute Gasteiger partial charge is 0.428 e. The van der Waals surface area contributed by atoms with Crippen molar-refractivity contribution in [2.24, 2.45) is 0 Å². The van der Waals surface area contributed by atoms with E-state index in [0.717, 1.165) is 38.5 Å². The van der Waals surface area contributed by atoms with Crippen molar-refractivity contribution in [1.29, 1.82) is 0 Å². The molecule has 14 heavy (non-hydrogen) atoms. The molecule has 0 fully saturated rings. The van der Waals surface area contributed by atoms with E-state index in [1.54, 1.807) is 0 Å². The Morgan fingerprint density at radius 1 is 1.07 bits per heavy atom. The molecule has 0 heterocycles. The third kappa shape index (κ3) is 9.36. The zero-order valence-corrected chi connectivity index (χ0v) is 9.42. The molecule has 0 aromatic heterocycles. The molecule has 3 heteroatoms. The fourth-order valence-electron chi connectivity index (χ4n) is 1.09. The lowest BCUT2D eigenvalue weighted by Gasteiger charge is -2.03. The highest BCUT2D eigenvalue weighted by Gasteiger charge is 2.01. The van der Waals surface area contributed by atoms with Crippen LogP contribution in [0.15, 0.2) is 0 Å². The molecule has 0 spiro atoms. The van der Waals surface area contributed by atoms with Gasteiger partial charge < -0.3 is 4.74 Å². The van der Waals surface area contributed by atoms with Crippen LogP contribution in [0.2, 0.25) is 0 Å². The molecule has 0 saturated carbocycles. The molecular weight excluding hydrogens is 178 g/mol. The van der Waals surface area contributed by atoms with Crippen LogP contribution in [0, 0.1) is 0 Å². The van der Waals surface area contributed by atoms with Gasteiger partial charge in [-0.3, -0.25) is 0 Å². The van der Waals surface area contributed by atoms with E-state index in [4.69, 9.17) is 4.74 Å². The Labute approximate surface area is 87.2 Å². The molecule has 0 aromatic carbocycles. The topological polar surface area (TPSA) is 40.4 Å². The maximum Gasteiger partial charge on any atom is 0.428 e. The van der Waals surface area contributed by atoms with Gasteiger partial charge in [0.2, 0.25) is 0 Å². The summed E-state index contributed by atoms with van der Waals surface area (Å²) >= 11 is 0. The van der Waals surface area contributed by atoms with E-state index >= 15 is 0 Å². The number of carbonyl (C=O) groups is 1. The number of carbonyl (C=O) groups excluding carboxylic acids is 1. The van der Waals surface area contributed by atoms with E-state index in [1.165, 1.54) is 0 Å². The van der Waals surface area contributed by atoms with Crippen LogP contribution in [0.5, 0.6) is 0 Å². The van der Waals surface area contributed by atoms with Gasteiger partial charge in [0.1, 0.15) is 0 Å². The molecule has 0 aliphatic carbocycles. The number of hydrogen-bond donors (Lipinski definition) is 0. The van der Waals surface area contributed by atoms with Crippen LogP contribution in [-0.2, 0) is 4.74 Å². The molecule has 0 rings (SSSR count). The summed E-state index contributed by atoms with van der Waals surface area (Å²) in [5, 5.41) is 3.80. The Bertz CT molecular complexity index is 123. The Morgan fingerprint density at radius 3 is 2.36 bits per heavy atom. The first-order chi connectivity index (χ1) is 6.81. The zero-order chi connectivity index (χ0) is 10.6. The fourth-order valence-corrected chi connectivity index (χ4v) is 1.09. The first-order valence-electron chi connectivity index (χ1n) is 5.65. The average Bonchev–Trinajstić information content (AvgIpc) is 2.19. The molecule has 0 aliphatic rings. The molecule has 0 N–H and O–H groups in total. The van der Waals surface area contributed by atoms with Gasteiger partial charge in [-0.05, 0) is 12.8 Å². The highest BCUT2D eigenvalue weighted by molar-refractivity contribution is 5.66. The zero-order valence-electron chi connectivity index (χ0n) is 9.42. The van der Waals surface area contributed by atoms with E-state index < -0.39 is 6.09 Å². The normalized spacial score (nSPS) is 9.86. The highest BCUT2D eigenvalue weighted by Crippen LogP contribution is 1.95. The van der Waals surface area contributed by atoms with Crippen LogP contribution in [0.1, 0.15) is 52.4 Å². The second kappa shape index (κ2) is 10.4. The molecule has 83 valence electrons. The fraction of sp³-hybridized carbons (Fsp3) is 0.909. The lowest BCUT2D eigenvalue weighted by atomic mass is 10.2. The summed E-state index contributed by atoms with van der Waals surface area (Å²) in [6.07, 6.45) is 6.09. The molecule has 0 saturated heterocycles. The Balaban J connectivity index is 3.11. The van der Waals surface area contributed by atoms with Crippen molar-refractivity contribution >= 4 is 6.09 Å². The summed E-state index contributed by atoms with van der Waals surface area (Å²) in [4.78, 5) is 11.0. The minimum atomic E-state index is -0.391. The minimum absolute atomic E-state index is 0.391. The van der Waals surface area contributed by atoms with E-state index in [0.29, 0.717) is 13.2 Å². The lowest BCUT2D eigenvalue weighted by Crippen LogP contribution is -2.18. The van der Waals surface area contributed by atoms with Crippen molar-refractivity contribution in [1.82, 2.24) is 5.32 Å². The molecule has 0 aromatic rings. The third-order valence-electron chi connectivity index (χ3n) is 1.98. The van der Waals surface area contributed by atoms with Crippen molar-refractivity contribution in [3.8, 4) is 0 Å². The van der Waals surface area contributed by atoms with E-state index in [1.807, 2.05) is 0 Å². The summed E-state index contributed by atoms with van der Waals surface area (Å²) in [7, 11) is 0. The molecule has 1 radical (unpaired) electrons. The number of amides is 1. The summed E-state index contributed by atoms with van der Waals surface area (Å²) < 4.78 is 4.92. The number of ether oxygens (including phenoxy) is 1. The Hall–Kier alpha value is -0.730. The predicted octanol–water partition coefficient (Wildman–Crippen LogP) is 3.11. The van der Waals surface area contributed by atoms with Crippen molar-refractivity contribution in [3.05, 3.63) is 0 Å². The largest absolute Gasteiger partial charge is 0.448 e. The van der Waals surface area contributed by atoms with Crippen LogP contribution in [0.3, 0.4) is 0 Å². The monoisotopic (exact) mass is 200 g/mol. The lowest BCUT2D eigenvalue weighted by molar-refractivity contribution is 0.143. The van der Waals surface area contributed by atoms with E-state index in [2.05, 4.69) is 19.2 Å². The van der Waals surface area contributed by atoms with Crippen LogP contribution in [0.25, 0.3) is 0 Å². The summed E-state index contributed by atoms with van der Waals surface area (Å²) in [5.74, 6) is 0. The van der Waals surface area contributed by atoms with Gasteiger partial charge in [0.25, 0.3) is 0 Å². The first-order valence-corrected chi connectivity index (χ1v) is 5.65. The molecule has 0 atom stereocenters. The molecule has 1 amide bonds. The third-order valence-corrected chi connectivity index (χ3v) is 1.98. The Morgan fingerprint density at radius 2 is 1.71 bits per heavy atom. The Kier molecular flexibility index (Phi) is 9.81. The van der Waals surface area contributed by atoms with Gasteiger partial charge in [0.05, 0.1) is 6.61 Å². The number of hydrogen-bond acceptors (Lipinski definition) is 2. The van der Waals surface area contributed by atoms with E-state index in [-0.39, 0.29) is 0 Å². The summed E-state index contributed by atoms with van der Waals surface area (Å²) in [6.45, 7) is 5.38. The molecular formula is C11H22NO2. The molecule has 0 bridgehead atoms.